The number of anilines is 1. The first-order valence-corrected chi connectivity index (χ1v) is 9.40. The second-order valence-electron chi connectivity index (χ2n) is 6.30. The number of nitrogens with one attached hydrogen (secondary N) is 1. The zero-order valence-corrected chi connectivity index (χ0v) is 16.3. The van der Waals surface area contributed by atoms with Gasteiger partial charge in [0.05, 0.1) is 5.69 Å². The average Bonchev–Trinajstić information content (AvgIpc) is 2.97. The molecule has 5 nitrogen and oxygen atoms in total. The molecule has 1 saturated heterocycles. The Morgan fingerprint density at radius 3 is 2.48 bits per heavy atom. The van der Waals surface area contributed by atoms with Crippen LogP contribution in [0.15, 0.2) is 30.5 Å². The average molecular weight is 378 g/mol. The third kappa shape index (κ3) is 4.71. The van der Waals surface area contributed by atoms with Gasteiger partial charge in [-0.3, -0.25) is 9.58 Å². The minimum atomic E-state index is 0.728. The molecule has 0 atom stereocenters. The van der Waals surface area contributed by atoms with Crippen molar-refractivity contribution in [2.24, 2.45) is 0 Å². The lowest BCUT2D eigenvalue weighted by Crippen LogP contribution is -2.49. The van der Waals surface area contributed by atoms with E-state index in [1.54, 1.807) is 0 Å². The lowest BCUT2D eigenvalue weighted by molar-refractivity contribution is 0.176. The van der Waals surface area contributed by atoms with E-state index < -0.39 is 0 Å². The van der Waals surface area contributed by atoms with Crippen LogP contribution in [0.3, 0.4) is 0 Å². The van der Waals surface area contributed by atoms with Crippen molar-refractivity contribution in [2.75, 3.05) is 31.5 Å². The molecule has 2 aromatic rings. The molecule has 0 bridgehead atoms. The van der Waals surface area contributed by atoms with Crippen LogP contribution >= 0.6 is 23.8 Å². The summed E-state index contributed by atoms with van der Waals surface area (Å²) in [5.41, 5.74) is 3.42. The van der Waals surface area contributed by atoms with Gasteiger partial charge >= 0.3 is 0 Å². The molecule has 1 aromatic carbocycles. The van der Waals surface area contributed by atoms with Gasteiger partial charge in [-0.1, -0.05) is 11.6 Å². The molecule has 1 aromatic heterocycles. The van der Waals surface area contributed by atoms with Crippen LogP contribution in [0.2, 0.25) is 5.02 Å². The van der Waals surface area contributed by atoms with E-state index in [4.69, 9.17) is 23.8 Å². The summed E-state index contributed by atoms with van der Waals surface area (Å²) in [6, 6.07) is 7.62. The number of aromatic nitrogens is 2. The van der Waals surface area contributed by atoms with Gasteiger partial charge in [0.2, 0.25) is 0 Å². The van der Waals surface area contributed by atoms with Crippen molar-refractivity contribution in [1.82, 2.24) is 19.6 Å². The Kier molecular flexibility index (Phi) is 5.93. The first-order chi connectivity index (χ1) is 12.0. The van der Waals surface area contributed by atoms with E-state index in [0.29, 0.717) is 0 Å². The van der Waals surface area contributed by atoms with Crippen molar-refractivity contribution in [3.63, 3.8) is 0 Å². The van der Waals surface area contributed by atoms with Gasteiger partial charge in [0.25, 0.3) is 0 Å². The first kappa shape index (κ1) is 18.2. The van der Waals surface area contributed by atoms with Crippen LogP contribution < -0.4 is 5.32 Å². The molecule has 0 amide bonds. The molecular weight excluding hydrogens is 354 g/mol. The largest absolute Gasteiger partial charge is 0.346 e. The Balaban J connectivity index is 1.50. The Morgan fingerprint density at radius 1 is 1.20 bits per heavy atom. The number of rotatable bonds is 4. The summed E-state index contributed by atoms with van der Waals surface area (Å²) in [5, 5.41) is 9.32. The highest BCUT2D eigenvalue weighted by Gasteiger charge is 2.20. The van der Waals surface area contributed by atoms with Crippen LogP contribution in [0.1, 0.15) is 18.2 Å². The first-order valence-electron chi connectivity index (χ1n) is 8.62. The Bertz CT molecular complexity index is 720. The number of piperazine rings is 1. The monoisotopic (exact) mass is 377 g/mol. The predicted octanol–water partition coefficient (Wildman–Crippen LogP) is 3.38. The van der Waals surface area contributed by atoms with Crippen molar-refractivity contribution < 1.29 is 0 Å². The summed E-state index contributed by atoms with van der Waals surface area (Å²) in [6.45, 7) is 9.93. The Hall–Kier alpha value is -1.63. The topological polar surface area (TPSA) is 36.3 Å². The van der Waals surface area contributed by atoms with E-state index in [2.05, 4.69) is 40.3 Å². The van der Waals surface area contributed by atoms with Crippen molar-refractivity contribution in [3.05, 3.63) is 46.7 Å². The molecule has 1 N–H and O–H groups in total. The van der Waals surface area contributed by atoms with E-state index in [9.17, 15) is 0 Å². The molecule has 0 unspecified atom stereocenters. The Labute approximate surface area is 159 Å². The zero-order valence-electron chi connectivity index (χ0n) is 14.7. The van der Waals surface area contributed by atoms with Crippen molar-refractivity contribution >= 4 is 34.6 Å². The second kappa shape index (κ2) is 8.17. The molecule has 3 rings (SSSR count). The number of nitrogens with zero attached hydrogens (tertiary/aromatic N) is 4. The van der Waals surface area contributed by atoms with E-state index in [0.717, 1.165) is 60.8 Å². The van der Waals surface area contributed by atoms with Gasteiger partial charge in [-0.15, -0.1) is 0 Å². The van der Waals surface area contributed by atoms with E-state index in [-0.39, 0.29) is 0 Å². The molecule has 134 valence electrons. The normalized spacial score (nSPS) is 15.4. The molecule has 2 heterocycles. The second-order valence-corrected chi connectivity index (χ2v) is 7.12. The number of thiocarbonyl (C=S) groups is 1. The molecule has 0 spiro atoms. The van der Waals surface area contributed by atoms with Crippen LogP contribution in [0.4, 0.5) is 5.69 Å². The molecule has 1 aliphatic heterocycles. The summed E-state index contributed by atoms with van der Waals surface area (Å²) in [5.74, 6) is 0. The van der Waals surface area contributed by atoms with Gasteiger partial charge in [0, 0.05) is 61.7 Å². The number of hydrogen-bond donors (Lipinski definition) is 1. The number of halogens is 1. The SMILES string of the molecule is CCn1cc(CN2CCN(C(=S)Nc3ccc(Cl)cc3)CC2)c(C)n1. The smallest absolute Gasteiger partial charge is 0.173 e. The highest BCUT2D eigenvalue weighted by atomic mass is 35.5. The predicted molar refractivity (Wildman–Crippen MR) is 107 cm³/mol. The van der Waals surface area contributed by atoms with Gasteiger partial charge < -0.3 is 10.2 Å². The summed E-state index contributed by atoms with van der Waals surface area (Å²) in [4.78, 5) is 4.69. The lowest BCUT2D eigenvalue weighted by atomic mass is 10.2. The molecule has 1 aliphatic rings. The highest BCUT2D eigenvalue weighted by molar-refractivity contribution is 7.80. The quantitative estimate of drug-likeness (QED) is 0.826. The number of aryl methyl sites for hydroxylation is 2. The third-order valence-electron chi connectivity index (χ3n) is 4.52. The fraction of sp³-hybridized carbons (Fsp3) is 0.444. The maximum atomic E-state index is 5.92. The van der Waals surface area contributed by atoms with Crippen LogP contribution in [0.5, 0.6) is 0 Å². The number of benzene rings is 1. The van der Waals surface area contributed by atoms with Crippen molar-refractivity contribution in [1.29, 1.82) is 0 Å². The molecular formula is C18H24ClN5S. The van der Waals surface area contributed by atoms with E-state index in [1.165, 1.54) is 5.56 Å². The molecule has 1 fully saturated rings. The molecule has 0 radical (unpaired) electrons. The lowest BCUT2D eigenvalue weighted by Gasteiger charge is -2.36. The van der Waals surface area contributed by atoms with E-state index in [1.807, 2.05) is 28.9 Å². The maximum Gasteiger partial charge on any atom is 0.173 e. The fourth-order valence-electron chi connectivity index (χ4n) is 2.96. The third-order valence-corrected chi connectivity index (χ3v) is 5.13. The minimum absolute atomic E-state index is 0.728. The standard InChI is InChI=1S/C18H24ClN5S/c1-3-24-13-15(14(2)21-24)12-22-8-10-23(11-9-22)18(25)20-17-6-4-16(19)5-7-17/h4-7,13H,3,8-12H2,1-2H3,(H,20,25). The van der Waals surface area contributed by atoms with Gasteiger partial charge in [-0.05, 0) is 50.3 Å². The Morgan fingerprint density at radius 2 is 1.88 bits per heavy atom. The zero-order chi connectivity index (χ0) is 17.8. The van der Waals surface area contributed by atoms with Gasteiger partial charge in [-0.25, -0.2) is 0 Å². The summed E-state index contributed by atoms with van der Waals surface area (Å²) in [7, 11) is 0. The summed E-state index contributed by atoms with van der Waals surface area (Å²) in [6.07, 6.45) is 2.16. The van der Waals surface area contributed by atoms with Crippen LogP contribution in [-0.4, -0.2) is 50.9 Å². The molecule has 7 heteroatoms. The van der Waals surface area contributed by atoms with Gasteiger partial charge in [0.15, 0.2) is 5.11 Å². The van der Waals surface area contributed by atoms with E-state index >= 15 is 0 Å². The fourth-order valence-corrected chi connectivity index (χ4v) is 3.39. The summed E-state index contributed by atoms with van der Waals surface area (Å²) < 4.78 is 2.01. The maximum absolute atomic E-state index is 5.92. The van der Waals surface area contributed by atoms with Crippen LogP contribution in [0, 0.1) is 6.92 Å². The summed E-state index contributed by atoms with van der Waals surface area (Å²) >= 11 is 11.5. The van der Waals surface area contributed by atoms with Gasteiger partial charge in [0.1, 0.15) is 0 Å². The van der Waals surface area contributed by atoms with Crippen molar-refractivity contribution in [3.8, 4) is 0 Å². The van der Waals surface area contributed by atoms with Crippen molar-refractivity contribution in [2.45, 2.75) is 26.9 Å². The van der Waals surface area contributed by atoms with Crippen LogP contribution in [-0.2, 0) is 13.1 Å². The number of hydrogen-bond acceptors (Lipinski definition) is 3. The van der Waals surface area contributed by atoms with Gasteiger partial charge in [-0.2, -0.15) is 5.10 Å². The molecule has 0 aliphatic carbocycles. The van der Waals surface area contributed by atoms with Crippen LogP contribution in [0.25, 0.3) is 0 Å². The highest BCUT2D eigenvalue weighted by Crippen LogP contribution is 2.16. The molecule has 0 saturated carbocycles. The molecule has 25 heavy (non-hydrogen) atoms. The minimum Gasteiger partial charge on any atom is -0.346 e.